The SMILES string of the molecule is Cc1c(-c2ccc3c(c2)c(-c2cn[nH]c2)nn3C2CCCCO2)cccc1S(=O)(=O)O. The van der Waals surface area contributed by atoms with Crippen molar-refractivity contribution >= 4 is 21.0 Å². The minimum absolute atomic E-state index is 0.0912. The molecule has 0 radical (unpaired) electrons. The van der Waals surface area contributed by atoms with E-state index in [9.17, 15) is 13.0 Å². The Kier molecular flexibility index (Phi) is 4.88. The van der Waals surface area contributed by atoms with Crippen LogP contribution in [0.25, 0.3) is 33.3 Å². The average Bonchev–Trinajstić information content (AvgIpc) is 3.41. The van der Waals surface area contributed by atoms with E-state index in [-0.39, 0.29) is 11.1 Å². The maximum absolute atomic E-state index is 11.8. The van der Waals surface area contributed by atoms with Crippen LogP contribution in [0.5, 0.6) is 0 Å². The summed E-state index contributed by atoms with van der Waals surface area (Å²) in [6.07, 6.45) is 6.45. The molecule has 9 heteroatoms. The van der Waals surface area contributed by atoms with Gasteiger partial charge in [-0.25, -0.2) is 4.68 Å². The van der Waals surface area contributed by atoms with Crippen molar-refractivity contribution in [3.05, 3.63) is 54.4 Å². The van der Waals surface area contributed by atoms with Crippen LogP contribution in [0.4, 0.5) is 0 Å². The third kappa shape index (κ3) is 3.54. The molecule has 5 rings (SSSR count). The highest BCUT2D eigenvalue weighted by Gasteiger charge is 2.23. The summed E-state index contributed by atoms with van der Waals surface area (Å²) in [6.45, 7) is 2.41. The first-order valence-corrected chi connectivity index (χ1v) is 11.6. The Morgan fingerprint density at radius 3 is 2.77 bits per heavy atom. The summed E-state index contributed by atoms with van der Waals surface area (Å²) in [7, 11) is -4.31. The van der Waals surface area contributed by atoms with E-state index >= 15 is 0 Å². The van der Waals surface area contributed by atoms with Crippen molar-refractivity contribution in [3.63, 3.8) is 0 Å². The van der Waals surface area contributed by atoms with E-state index in [0.717, 1.165) is 52.5 Å². The zero-order valence-electron chi connectivity index (χ0n) is 16.9. The maximum Gasteiger partial charge on any atom is 0.294 e. The molecule has 160 valence electrons. The van der Waals surface area contributed by atoms with Crippen molar-refractivity contribution in [1.29, 1.82) is 0 Å². The first-order valence-electron chi connectivity index (χ1n) is 10.1. The second-order valence-corrected chi connectivity index (χ2v) is 9.13. The number of ether oxygens (including phenoxy) is 1. The van der Waals surface area contributed by atoms with E-state index < -0.39 is 10.1 Å². The molecule has 0 bridgehead atoms. The van der Waals surface area contributed by atoms with Gasteiger partial charge in [0.2, 0.25) is 0 Å². The molecule has 8 nitrogen and oxygen atoms in total. The molecule has 1 aliphatic heterocycles. The van der Waals surface area contributed by atoms with E-state index in [2.05, 4.69) is 10.2 Å². The highest BCUT2D eigenvalue weighted by molar-refractivity contribution is 7.85. The van der Waals surface area contributed by atoms with E-state index in [4.69, 9.17) is 9.84 Å². The molecular formula is C22H22N4O4S. The summed E-state index contributed by atoms with van der Waals surface area (Å²) in [5, 5.41) is 12.7. The second kappa shape index (κ2) is 7.60. The van der Waals surface area contributed by atoms with Crippen molar-refractivity contribution in [2.24, 2.45) is 0 Å². The molecular weight excluding hydrogens is 416 g/mol. The fourth-order valence-electron chi connectivity index (χ4n) is 4.24. The number of fused-ring (bicyclic) bond motifs is 1. The zero-order chi connectivity index (χ0) is 21.6. The number of hydrogen-bond donors (Lipinski definition) is 2. The lowest BCUT2D eigenvalue weighted by Gasteiger charge is -2.23. The Morgan fingerprint density at radius 2 is 2.06 bits per heavy atom. The topological polar surface area (TPSA) is 110 Å². The Morgan fingerprint density at radius 1 is 1.19 bits per heavy atom. The molecule has 2 aromatic carbocycles. The summed E-state index contributed by atoms with van der Waals surface area (Å²) in [4.78, 5) is -0.0912. The van der Waals surface area contributed by atoms with Crippen molar-refractivity contribution in [2.75, 3.05) is 6.61 Å². The molecule has 3 heterocycles. The molecule has 0 saturated carbocycles. The highest BCUT2D eigenvalue weighted by atomic mass is 32.2. The predicted molar refractivity (Wildman–Crippen MR) is 116 cm³/mol. The number of nitrogens with one attached hydrogen (secondary N) is 1. The summed E-state index contributed by atoms with van der Waals surface area (Å²) >= 11 is 0. The van der Waals surface area contributed by atoms with Gasteiger partial charge in [-0.15, -0.1) is 0 Å². The molecule has 1 atom stereocenters. The van der Waals surface area contributed by atoms with Gasteiger partial charge in [0, 0.05) is 23.8 Å². The molecule has 31 heavy (non-hydrogen) atoms. The van der Waals surface area contributed by atoms with E-state index in [1.807, 2.05) is 28.9 Å². The van der Waals surface area contributed by atoms with E-state index in [1.165, 1.54) is 6.07 Å². The standard InChI is InChI=1S/C22H22N4O4S/c1-14-17(5-4-6-20(14)31(27,28)29)15-8-9-19-18(11-15)22(16-12-23-24-13-16)25-26(19)21-7-2-3-10-30-21/h4-6,8-9,11-13,21H,2-3,7,10H2,1H3,(H,23,24)(H,27,28,29). The number of rotatable bonds is 4. The summed E-state index contributed by atoms with van der Waals surface area (Å²) in [5.41, 5.74) is 4.65. The van der Waals surface area contributed by atoms with Crippen molar-refractivity contribution in [3.8, 4) is 22.4 Å². The lowest BCUT2D eigenvalue weighted by Crippen LogP contribution is -2.19. The fraction of sp³-hybridized carbons (Fsp3) is 0.273. The van der Waals surface area contributed by atoms with Gasteiger partial charge < -0.3 is 4.74 Å². The van der Waals surface area contributed by atoms with Crippen LogP contribution >= 0.6 is 0 Å². The Bertz CT molecular complexity index is 1350. The number of aromatic amines is 1. The largest absolute Gasteiger partial charge is 0.356 e. The quantitative estimate of drug-likeness (QED) is 0.459. The Labute approximate surface area is 179 Å². The molecule has 1 unspecified atom stereocenters. The van der Waals surface area contributed by atoms with Crippen LogP contribution < -0.4 is 0 Å². The van der Waals surface area contributed by atoms with Crippen LogP contribution in [-0.4, -0.2) is 39.6 Å². The van der Waals surface area contributed by atoms with Gasteiger partial charge in [-0.1, -0.05) is 18.2 Å². The lowest BCUT2D eigenvalue weighted by atomic mass is 9.98. The van der Waals surface area contributed by atoms with Crippen LogP contribution in [-0.2, 0) is 14.9 Å². The van der Waals surface area contributed by atoms with Gasteiger partial charge in [-0.2, -0.15) is 18.6 Å². The van der Waals surface area contributed by atoms with E-state index in [0.29, 0.717) is 12.2 Å². The van der Waals surface area contributed by atoms with Crippen LogP contribution in [0.1, 0.15) is 31.1 Å². The van der Waals surface area contributed by atoms with Gasteiger partial charge in [-0.3, -0.25) is 9.65 Å². The first-order chi connectivity index (χ1) is 14.9. The number of nitrogens with zero attached hydrogens (tertiary/aromatic N) is 3. The fourth-order valence-corrected chi connectivity index (χ4v) is 4.99. The molecule has 1 saturated heterocycles. The molecule has 2 N–H and O–H groups in total. The number of hydrogen-bond acceptors (Lipinski definition) is 5. The van der Waals surface area contributed by atoms with Gasteiger partial charge in [-0.05, 0) is 61.1 Å². The molecule has 0 spiro atoms. The predicted octanol–water partition coefficient (Wildman–Crippen LogP) is 4.35. The monoisotopic (exact) mass is 438 g/mol. The Hall–Kier alpha value is -3.01. The number of benzene rings is 2. The number of aromatic nitrogens is 4. The van der Waals surface area contributed by atoms with Crippen molar-refractivity contribution in [2.45, 2.75) is 37.3 Å². The molecule has 2 aromatic heterocycles. The lowest BCUT2D eigenvalue weighted by molar-refractivity contribution is -0.0365. The third-order valence-electron chi connectivity index (χ3n) is 5.78. The third-order valence-corrected chi connectivity index (χ3v) is 6.78. The highest BCUT2D eigenvalue weighted by Crippen LogP contribution is 2.36. The average molecular weight is 439 g/mol. The minimum Gasteiger partial charge on any atom is -0.356 e. The molecule has 0 amide bonds. The molecule has 1 aliphatic rings. The normalized spacial score (nSPS) is 17.3. The summed E-state index contributed by atoms with van der Waals surface area (Å²) < 4.78 is 41.0. The minimum atomic E-state index is -4.31. The second-order valence-electron chi connectivity index (χ2n) is 7.74. The van der Waals surface area contributed by atoms with Crippen molar-refractivity contribution in [1.82, 2.24) is 20.0 Å². The van der Waals surface area contributed by atoms with Gasteiger partial charge in [0.15, 0.2) is 6.23 Å². The van der Waals surface area contributed by atoms with Gasteiger partial charge in [0.1, 0.15) is 5.69 Å². The van der Waals surface area contributed by atoms with Crippen LogP contribution in [0.15, 0.2) is 53.7 Å². The Balaban J connectivity index is 1.71. The van der Waals surface area contributed by atoms with E-state index in [1.54, 1.807) is 25.4 Å². The smallest absolute Gasteiger partial charge is 0.294 e. The number of H-pyrrole nitrogens is 1. The van der Waals surface area contributed by atoms with Gasteiger partial charge in [0.05, 0.1) is 16.6 Å². The van der Waals surface area contributed by atoms with Crippen molar-refractivity contribution < 1.29 is 17.7 Å². The first kappa shape index (κ1) is 19.9. The van der Waals surface area contributed by atoms with Crippen LogP contribution in [0.2, 0.25) is 0 Å². The summed E-state index contributed by atoms with van der Waals surface area (Å²) in [5.74, 6) is 0. The summed E-state index contributed by atoms with van der Waals surface area (Å²) in [6, 6.07) is 10.8. The maximum atomic E-state index is 11.8. The zero-order valence-corrected chi connectivity index (χ0v) is 17.8. The van der Waals surface area contributed by atoms with Gasteiger partial charge >= 0.3 is 0 Å². The van der Waals surface area contributed by atoms with Crippen LogP contribution in [0, 0.1) is 6.92 Å². The molecule has 0 aliphatic carbocycles. The molecule has 1 fully saturated rings. The van der Waals surface area contributed by atoms with Gasteiger partial charge in [0.25, 0.3) is 10.1 Å². The molecule has 4 aromatic rings. The van der Waals surface area contributed by atoms with Crippen LogP contribution in [0.3, 0.4) is 0 Å².